The number of aliphatic imine (C=N–C) groups is 1. The minimum atomic E-state index is -3.40. The van der Waals surface area contributed by atoms with Gasteiger partial charge in [0.15, 0.2) is 5.17 Å². The van der Waals surface area contributed by atoms with Crippen molar-refractivity contribution in [2.75, 3.05) is 25.4 Å². The van der Waals surface area contributed by atoms with Crippen LogP contribution < -0.4 is 5.32 Å². The Morgan fingerprint density at radius 2 is 2.14 bits per heavy atom. The van der Waals surface area contributed by atoms with Crippen molar-refractivity contribution in [2.45, 2.75) is 17.1 Å². The molecule has 120 valence electrons. The van der Waals surface area contributed by atoms with E-state index in [0.29, 0.717) is 35.3 Å². The van der Waals surface area contributed by atoms with E-state index in [-0.39, 0.29) is 11.8 Å². The van der Waals surface area contributed by atoms with Crippen molar-refractivity contribution in [1.82, 2.24) is 9.62 Å². The molecular formula is C13H17N3O3S3. The van der Waals surface area contributed by atoms with Crippen molar-refractivity contribution >= 4 is 44.2 Å². The SMILES string of the molecule is O=C(NC1=NCCS1)C1CCN(S(=O)(=O)c2cccs2)CC1. The molecule has 3 heterocycles. The Balaban J connectivity index is 1.57. The molecule has 22 heavy (non-hydrogen) atoms. The standard InChI is InChI=1S/C13H17N3O3S3/c17-12(15-13-14-5-9-21-13)10-3-6-16(7-4-10)22(18,19)11-2-1-8-20-11/h1-2,8,10H,3-7,9H2,(H,14,15,17). The molecule has 1 aromatic rings. The van der Waals surface area contributed by atoms with E-state index in [9.17, 15) is 13.2 Å². The lowest BCUT2D eigenvalue weighted by Gasteiger charge is -2.30. The molecule has 0 aliphatic carbocycles. The van der Waals surface area contributed by atoms with Gasteiger partial charge >= 0.3 is 0 Å². The number of thioether (sulfide) groups is 1. The lowest BCUT2D eigenvalue weighted by Crippen LogP contribution is -2.43. The lowest BCUT2D eigenvalue weighted by atomic mass is 9.97. The maximum Gasteiger partial charge on any atom is 0.252 e. The molecule has 9 heteroatoms. The van der Waals surface area contributed by atoms with Gasteiger partial charge in [-0.15, -0.1) is 11.3 Å². The average molecular weight is 359 g/mol. The van der Waals surface area contributed by atoms with Crippen LogP contribution in [-0.4, -0.2) is 49.2 Å². The predicted molar refractivity (Wildman–Crippen MR) is 88.7 cm³/mol. The predicted octanol–water partition coefficient (Wildman–Crippen LogP) is 1.37. The van der Waals surface area contributed by atoms with E-state index in [4.69, 9.17) is 0 Å². The zero-order valence-corrected chi connectivity index (χ0v) is 14.3. The van der Waals surface area contributed by atoms with Crippen molar-refractivity contribution in [3.63, 3.8) is 0 Å². The number of nitrogens with one attached hydrogen (secondary N) is 1. The van der Waals surface area contributed by atoms with Crippen molar-refractivity contribution in [1.29, 1.82) is 0 Å². The number of carbonyl (C=O) groups is 1. The monoisotopic (exact) mass is 359 g/mol. The molecule has 1 fully saturated rings. The van der Waals surface area contributed by atoms with Gasteiger partial charge in [0.25, 0.3) is 10.0 Å². The van der Waals surface area contributed by atoms with Gasteiger partial charge in [-0.1, -0.05) is 17.8 Å². The molecule has 0 radical (unpaired) electrons. The van der Waals surface area contributed by atoms with Crippen LogP contribution in [0.25, 0.3) is 0 Å². The molecule has 2 aliphatic heterocycles. The maximum atomic E-state index is 12.4. The molecule has 0 spiro atoms. The summed E-state index contributed by atoms with van der Waals surface area (Å²) in [5.74, 6) is 0.729. The summed E-state index contributed by atoms with van der Waals surface area (Å²) >= 11 is 2.78. The van der Waals surface area contributed by atoms with Crippen molar-refractivity contribution in [3.8, 4) is 0 Å². The van der Waals surface area contributed by atoms with Crippen LogP contribution in [0.1, 0.15) is 12.8 Å². The maximum absolute atomic E-state index is 12.4. The normalized spacial score (nSPS) is 20.8. The van der Waals surface area contributed by atoms with Crippen LogP contribution in [0.3, 0.4) is 0 Å². The summed E-state index contributed by atoms with van der Waals surface area (Å²) in [6.45, 7) is 1.52. The number of hydrogen-bond acceptors (Lipinski definition) is 6. The van der Waals surface area contributed by atoms with Gasteiger partial charge in [0.1, 0.15) is 4.21 Å². The Kier molecular flexibility index (Phi) is 4.86. The summed E-state index contributed by atoms with van der Waals surface area (Å²) in [5.41, 5.74) is 0. The van der Waals surface area contributed by atoms with Gasteiger partial charge in [-0.25, -0.2) is 8.42 Å². The summed E-state index contributed by atoms with van der Waals surface area (Å²) in [5, 5.41) is 5.29. The summed E-state index contributed by atoms with van der Waals surface area (Å²) in [4.78, 5) is 16.4. The van der Waals surface area contributed by atoms with Gasteiger partial charge in [-0.05, 0) is 24.3 Å². The van der Waals surface area contributed by atoms with Crippen LogP contribution in [-0.2, 0) is 14.8 Å². The van der Waals surface area contributed by atoms with E-state index in [1.165, 1.54) is 15.6 Å². The Morgan fingerprint density at radius 3 is 2.73 bits per heavy atom. The number of carbonyl (C=O) groups excluding carboxylic acids is 1. The summed E-state index contributed by atoms with van der Waals surface area (Å²) in [7, 11) is -3.40. The molecule has 1 saturated heterocycles. The van der Waals surface area contributed by atoms with Crippen LogP contribution in [0.5, 0.6) is 0 Å². The number of hydrogen-bond donors (Lipinski definition) is 1. The van der Waals surface area contributed by atoms with E-state index in [0.717, 1.165) is 12.3 Å². The van der Waals surface area contributed by atoms with Gasteiger partial charge in [0.05, 0.1) is 6.54 Å². The molecule has 1 aromatic heterocycles. The number of nitrogens with zero attached hydrogens (tertiary/aromatic N) is 2. The first-order chi connectivity index (χ1) is 10.6. The minimum Gasteiger partial charge on any atom is -0.305 e. The molecule has 2 aliphatic rings. The molecule has 0 saturated carbocycles. The van der Waals surface area contributed by atoms with Gasteiger partial charge in [0.2, 0.25) is 5.91 Å². The molecule has 0 bridgehead atoms. The fourth-order valence-corrected chi connectivity index (χ4v) is 5.86. The zero-order valence-electron chi connectivity index (χ0n) is 11.9. The zero-order chi connectivity index (χ0) is 15.6. The molecular weight excluding hydrogens is 342 g/mol. The number of piperidine rings is 1. The Hall–Kier alpha value is -0.900. The Bertz CT molecular complexity index is 662. The molecule has 0 atom stereocenters. The molecule has 3 rings (SSSR count). The van der Waals surface area contributed by atoms with E-state index in [1.54, 1.807) is 29.3 Å². The smallest absolute Gasteiger partial charge is 0.252 e. The Labute approximate surface area is 138 Å². The molecule has 6 nitrogen and oxygen atoms in total. The van der Waals surface area contributed by atoms with E-state index >= 15 is 0 Å². The second-order valence-corrected chi connectivity index (χ2v) is 9.33. The highest BCUT2D eigenvalue weighted by molar-refractivity contribution is 8.14. The number of rotatable bonds is 3. The van der Waals surface area contributed by atoms with Crippen LogP contribution in [0.4, 0.5) is 0 Å². The van der Waals surface area contributed by atoms with Crippen LogP contribution >= 0.6 is 23.1 Å². The topological polar surface area (TPSA) is 78.8 Å². The lowest BCUT2D eigenvalue weighted by molar-refractivity contribution is -0.124. The number of amides is 1. The molecule has 0 aromatic carbocycles. The van der Waals surface area contributed by atoms with Crippen molar-refractivity contribution < 1.29 is 13.2 Å². The first-order valence-electron chi connectivity index (χ1n) is 7.09. The average Bonchev–Trinajstić information content (AvgIpc) is 3.21. The van der Waals surface area contributed by atoms with Crippen LogP contribution in [0.15, 0.2) is 26.7 Å². The van der Waals surface area contributed by atoms with Crippen molar-refractivity contribution in [3.05, 3.63) is 17.5 Å². The van der Waals surface area contributed by atoms with Gasteiger partial charge in [-0.3, -0.25) is 9.79 Å². The third kappa shape index (κ3) is 3.37. The van der Waals surface area contributed by atoms with Crippen LogP contribution in [0.2, 0.25) is 0 Å². The Morgan fingerprint density at radius 1 is 1.36 bits per heavy atom. The number of sulfonamides is 1. The quantitative estimate of drug-likeness (QED) is 0.884. The molecule has 0 unspecified atom stereocenters. The highest BCUT2D eigenvalue weighted by atomic mass is 32.2. The number of amidine groups is 1. The van der Waals surface area contributed by atoms with Crippen LogP contribution in [0, 0.1) is 5.92 Å². The fourth-order valence-electron chi connectivity index (χ4n) is 2.51. The second kappa shape index (κ2) is 6.69. The van der Waals surface area contributed by atoms with Gasteiger partial charge in [-0.2, -0.15) is 4.31 Å². The number of thiophene rings is 1. The summed E-state index contributed by atoms with van der Waals surface area (Å²) in [6.07, 6.45) is 1.10. The first-order valence-corrected chi connectivity index (χ1v) is 10.4. The summed E-state index contributed by atoms with van der Waals surface area (Å²) < 4.78 is 26.7. The first kappa shape index (κ1) is 16.0. The van der Waals surface area contributed by atoms with E-state index in [1.807, 2.05) is 0 Å². The third-order valence-corrected chi connectivity index (χ3v) is 7.89. The fraction of sp³-hybridized carbons (Fsp3) is 0.538. The molecule has 1 amide bonds. The van der Waals surface area contributed by atoms with Crippen molar-refractivity contribution in [2.24, 2.45) is 10.9 Å². The van der Waals surface area contributed by atoms with Gasteiger partial charge in [0, 0.05) is 24.8 Å². The third-order valence-electron chi connectivity index (χ3n) is 3.73. The highest BCUT2D eigenvalue weighted by Crippen LogP contribution is 2.26. The largest absolute Gasteiger partial charge is 0.305 e. The second-order valence-electron chi connectivity index (χ2n) is 5.14. The molecule has 1 N–H and O–H groups in total. The van der Waals surface area contributed by atoms with E-state index in [2.05, 4.69) is 10.3 Å². The van der Waals surface area contributed by atoms with E-state index < -0.39 is 10.0 Å². The minimum absolute atomic E-state index is 0.0404. The van der Waals surface area contributed by atoms with Gasteiger partial charge < -0.3 is 5.32 Å². The summed E-state index contributed by atoms with van der Waals surface area (Å²) in [6, 6.07) is 3.35. The highest BCUT2D eigenvalue weighted by Gasteiger charge is 2.32.